The van der Waals surface area contributed by atoms with Crippen molar-refractivity contribution in [2.45, 2.75) is 19.4 Å². The Kier molecular flexibility index (Phi) is 2.23. The summed E-state index contributed by atoms with van der Waals surface area (Å²) in [7, 11) is 0. The van der Waals surface area contributed by atoms with Gasteiger partial charge in [0, 0.05) is 0 Å². The summed E-state index contributed by atoms with van der Waals surface area (Å²) in [4.78, 5) is 0. The molecule has 0 spiro atoms. The molecular weight excluding hydrogens is 285 g/mol. The Morgan fingerprint density at radius 1 is 1.53 bits per heavy atom. The first-order valence-electron chi connectivity index (χ1n) is 5.36. The summed E-state index contributed by atoms with van der Waals surface area (Å²) in [6, 6.07) is 5.81. The van der Waals surface area contributed by atoms with Crippen LogP contribution in [0.4, 0.5) is 4.39 Å². The molecule has 0 saturated heterocycles. The summed E-state index contributed by atoms with van der Waals surface area (Å²) in [6.07, 6.45) is 3.33. The van der Waals surface area contributed by atoms with E-state index in [2.05, 4.69) is 27.1 Å². The number of nitrogens with zero attached hydrogens (tertiary/aromatic N) is 3. The Hall–Kier alpha value is -1.41. The minimum atomic E-state index is -0.296. The lowest BCUT2D eigenvalue weighted by molar-refractivity contribution is 0.498. The van der Waals surface area contributed by atoms with E-state index in [-0.39, 0.29) is 11.2 Å². The largest absolute Gasteiger partial charge is 0.263 e. The molecule has 0 atom stereocenters. The zero-order valence-electron chi connectivity index (χ0n) is 8.95. The summed E-state index contributed by atoms with van der Waals surface area (Å²) in [5.41, 5.74) is 0.468. The number of halogens is 2. The quantitative estimate of drug-likeness (QED) is 0.853. The van der Waals surface area contributed by atoms with Crippen molar-refractivity contribution in [3.63, 3.8) is 0 Å². The fourth-order valence-corrected chi connectivity index (χ4v) is 2.31. The highest BCUT2D eigenvalue weighted by Crippen LogP contribution is 2.46. The van der Waals surface area contributed by atoms with Crippen molar-refractivity contribution in [2.75, 3.05) is 0 Å². The predicted octanol–water partition coefficient (Wildman–Crippen LogP) is 3.24. The van der Waals surface area contributed by atoms with Gasteiger partial charge in [-0.15, -0.1) is 0 Å². The van der Waals surface area contributed by atoms with Gasteiger partial charge in [-0.3, -0.25) is 4.68 Å². The highest BCUT2D eigenvalue weighted by molar-refractivity contribution is 9.10. The van der Waals surface area contributed by atoms with E-state index in [9.17, 15) is 4.39 Å². The third kappa shape index (κ3) is 1.64. The SMILES string of the molecule is N#CC1(Cn2ncc3c(F)c(Br)ccc32)CC1. The van der Waals surface area contributed by atoms with Gasteiger partial charge in [-0.25, -0.2) is 4.39 Å². The standard InChI is InChI=1S/C12H9BrFN3/c13-9-1-2-10-8(11(9)14)5-16-17(10)7-12(6-15)3-4-12/h1-2,5H,3-4,7H2. The predicted molar refractivity (Wildman–Crippen MR) is 64.7 cm³/mol. The third-order valence-electron chi connectivity index (χ3n) is 3.26. The van der Waals surface area contributed by atoms with E-state index in [1.165, 1.54) is 6.20 Å². The van der Waals surface area contributed by atoms with Crippen LogP contribution in [0, 0.1) is 22.6 Å². The molecule has 1 aliphatic carbocycles. The van der Waals surface area contributed by atoms with Gasteiger partial charge in [0.15, 0.2) is 0 Å². The van der Waals surface area contributed by atoms with Gasteiger partial charge in [0.1, 0.15) is 5.82 Å². The van der Waals surface area contributed by atoms with Gasteiger partial charge >= 0.3 is 0 Å². The molecule has 1 heterocycles. The fourth-order valence-electron chi connectivity index (χ4n) is 1.96. The number of benzene rings is 1. The second-order valence-corrected chi connectivity index (χ2v) is 5.34. The van der Waals surface area contributed by atoms with Crippen LogP contribution in [0.15, 0.2) is 22.8 Å². The molecule has 0 unspecified atom stereocenters. The molecule has 2 aromatic rings. The van der Waals surface area contributed by atoms with Crippen LogP contribution >= 0.6 is 15.9 Å². The molecule has 0 N–H and O–H groups in total. The minimum Gasteiger partial charge on any atom is -0.263 e. The van der Waals surface area contributed by atoms with Crippen LogP contribution in [0.2, 0.25) is 0 Å². The summed E-state index contributed by atoms with van der Waals surface area (Å²) < 4.78 is 15.9. The first-order valence-corrected chi connectivity index (χ1v) is 6.15. The lowest BCUT2D eigenvalue weighted by Crippen LogP contribution is -2.10. The summed E-state index contributed by atoms with van der Waals surface area (Å²) in [5, 5.41) is 13.7. The molecule has 1 saturated carbocycles. The Morgan fingerprint density at radius 2 is 2.29 bits per heavy atom. The van der Waals surface area contributed by atoms with E-state index in [1.807, 2.05) is 6.07 Å². The van der Waals surface area contributed by atoms with E-state index in [0.29, 0.717) is 16.4 Å². The van der Waals surface area contributed by atoms with Crippen LogP contribution in [-0.4, -0.2) is 9.78 Å². The van der Waals surface area contributed by atoms with Crippen molar-refractivity contribution >= 4 is 26.8 Å². The van der Waals surface area contributed by atoms with Crippen LogP contribution in [0.25, 0.3) is 10.9 Å². The minimum absolute atomic E-state index is 0.275. The van der Waals surface area contributed by atoms with Crippen LogP contribution in [-0.2, 0) is 6.54 Å². The van der Waals surface area contributed by atoms with Crippen LogP contribution in [0.5, 0.6) is 0 Å². The van der Waals surface area contributed by atoms with Gasteiger partial charge in [-0.2, -0.15) is 10.4 Å². The molecule has 1 aliphatic rings. The summed E-state index contributed by atoms with van der Waals surface area (Å²) >= 11 is 3.15. The maximum Gasteiger partial charge on any atom is 0.148 e. The molecule has 5 heteroatoms. The second-order valence-electron chi connectivity index (χ2n) is 4.49. The third-order valence-corrected chi connectivity index (χ3v) is 3.87. The maximum atomic E-state index is 13.8. The van der Waals surface area contributed by atoms with Gasteiger partial charge < -0.3 is 0 Å². The van der Waals surface area contributed by atoms with Gasteiger partial charge in [0.25, 0.3) is 0 Å². The van der Waals surface area contributed by atoms with Gasteiger partial charge in [0.05, 0.1) is 39.6 Å². The summed E-state index contributed by atoms with van der Waals surface area (Å²) in [5.74, 6) is -0.296. The first kappa shape index (κ1) is 10.7. The molecule has 1 fully saturated rings. The van der Waals surface area contributed by atoms with Gasteiger partial charge in [0.2, 0.25) is 0 Å². The fraction of sp³-hybridized carbons (Fsp3) is 0.333. The monoisotopic (exact) mass is 293 g/mol. The number of fused-ring (bicyclic) bond motifs is 1. The van der Waals surface area contributed by atoms with E-state index < -0.39 is 0 Å². The molecule has 17 heavy (non-hydrogen) atoms. The average Bonchev–Trinajstić information content (AvgIpc) is 2.99. The highest BCUT2D eigenvalue weighted by atomic mass is 79.9. The van der Waals surface area contributed by atoms with Gasteiger partial charge in [-0.1, -0.05) is 0 Å². The smallest absolute Gasteiger partial charge is 0.148 e. The molecule has 0 amide bonds. The first-order chi connectivity index (χ1) is 8.15. The Morgan fingerprint density at radius 3 is 2.94 bits per heavy atom. The van der Waals surface area contributed by atoms with Crippen LogP contribution in [0.3, 0.4) is 0 Å². The number of aromatic nitrogens is 2. The lowest BCUT2D eigenvalue weighted by Gasteiger charge is -2.07. The van der Waals surface area contributed by atoms with E-state index in [0.717, 1.165) is 18.4 Å². The van der Waals surface area contributed by atoms with E-state index >= 15 is 0 Å². The zero-order valence-corrected chi connectivity index (χ0v) is 10.5. The number of hydrogen-bond acceptors (Lipinski definition) is 2. The topological polar surface area (TPSA) is 41.6 Å². The molecule has 1 aromatic carbocycles. The molecule has 3 rings (SSSR count). The van der Waals surface area contributed by atoms with Crippen LogP contribution in [0.1, 0.15) is 12.8 Å². The normalized spacial score (nSPS) is 17.0. The van der Waals surface area contributed by atoms with E-state index in [4.69, 9.17) is 5.26 Å². The van der Waals surface area contributed by atoms with Crippen molar-refractivity contribution in [2.24, 2.45) is 5.41 Å². The molecule has 0 aliphatic heterocycles. The van der Waals surface area contributed by atoms with Gasteiger partial charge in [-0.05, 0) is 40.9 Å². The Labute approximate surface area is 106 Å². The molecule has 3 nitrogen and oxygen atoms in total. The van der Waals surface area contributed by atoms with Crippen molar-refractivity contribution < 1.29 is 4.39 Å². The average molecular weight is 294 g/mol. The van der Waals surface area contributed by atoms with Crippen molar-refractivity contribution in [3.05, 3.63) is 28.6 Å². The zero-order chi connectivity index (χ0) is 12.0. The lowest BCUT2D eigenvalue weighted by atomic mass is 10.1. The molecule has 86 valence electrons. The molecular formula is C12H9BrFN3. The second kappa shape index (κ2) is 3.54. The molecule has 0 radical (unpaired) electrons. The number of rotatable bonds is 2. The number of hydrogen-bond donors (Lipinski definition) is 0. The highest BCUT2D eigenvalue weighted by Gasteiger charge is 2.44. The Balaban J connectivity index is 2.08. The number of nitriles is 1. The summed E-state index contributed by atoms with van der Waals surface area (Å²) in [6.45, 7) is 0.550. The van der Waals surface area contributed by atoms with E-state index in [1.54, 1.807) is 10.7 Å². The van der Waals surface area contributed by atoms with Crippen LogP contribution < -0.4 is 0 Å². The van der Waals surface area contributed by atoms with Crippen molar-refractivity contribution in [1.29, 1.82) is 5.26 Å². The molecule has 0 bridgehead atoms. The maximum absolute atomic E-state index is 13.8. The van der Waals surface area contributed by atoms with Crippen molar-refractivity contribution in [3.8, 4) is 6.07 Å². The molecule has 1 aromatic heterocycles. The Bertz CT molecular complexity index is 637. The van der Waals surface area contributed by atoms with Crippen molar-refractivity contribution in [1.82, 2.24) is 9.78 Å².